The van der Waals surface area contributed by atoms with Gasteiger partial charge in [0.25, 0.3) is 0 Å². The van der Waals surface area contributed by atoms with Crippen LogP contribution in [0.3, 0.4) is 0 Å². The molecule has 0 spiro atoms. The lowest BCUT2D eigenvalue weighted by atomic mass is 9.93. The first-order chi connectivity index (χ1) is 10.0. The molecule has 0 radical (unpaired) electrons. The van der Waals surface area contributed by atoms with E-state index in [1.54, 1.807) is 31.2 Å². The van der Waals surface area contributed by atoms with Crippen molar-refractivity contribution in [1.82, 2.24) is 0 Å². The molecule has 0 fully saturated rings. The Morgan fingerprint density at radius 2 is 1.71 bits per heavy atom. The summed E-state index contributed by atoms with van der Waals surface area (Å²) in [4.78, 5) is 11.7. The fourth-order valence-electron chi connectivity index (χ4n) is 1.97. The molecule has 2 aromatic carbocycles. The maximum Gasteiger partial charge on any atom is 0.330 e. The third kappa shape index (κ3) is 3.61. The van der Waals surface area contributed by atoms with Gasteiger partial charge in [-0.2, -0.15) is 0 Å². The molecule has 0 aliphatic carbocycles. The highest BCUT2D eigenvalue weighted by atomic mass is 16.5. The lowest BCUT2D eigenvalue weighted by Crippen LogP contribution is -2.42. The number of nitrogens with two attached hydrogens (primary N) is 1. The molecule has 110 valence electrons. The van der Waals surface area contributed by atoms with E-state index in [1.807, 2.05) is 30.3 Å². The van der Waals surface area contributed by atoms with Crippen molar-refractivity contribution >= 4 is 5.97 Å². The Kier molecular flexibility index (Phi) is 4.60. The van der Waals surface area contributed by atoms with Gasteiger partial charge in [-0.25, -0.2) is 4.79 Å². The Morgan fingerprint density at radius 3 is 2.29 bits per heavy atom. The number of hydrogen-bond donors (Lipinski definition) is 1. The molecule has 2 aromatic rings. The molecule has 0 saturated carbocycles. The van der Waals surface area contributed by atoms with E-state index in [2.05, 4.69) is 0 Å². The van der Waals surface area contributed by atoms with Crippen molar-refractivity contribution in [2.45, 2.75) is 19.1 Å². The lowest BCUT2D eigenvalue weighted by Gasteiger charge is -2.22. The number of esters is 1. The zero-order chi connectivity index (χ0) is 15.3. The van der Waals surface area contributed by atoms with Crippen molar-refractivity contribution in [3.05, 3.63) is 65.7 Å². The first-order valence-electron chi connectivity index (χ1n) is 6.68. The third-order valence-electron chi connectivity index (χ3n) is 3.31. The van der Waals surface area contributed by atoms with Crippen LogP contribution in [-0.2, 0) is 21.7 Å². The summed E-state index contributed by atoms with van der Waals surface area (Å²) in [5.74, 6) is 0.253. The Morgan fingerprint density at radius 1 is 1.10 bits per heavy atom. The average Bonchev–Trinajstić information content (AvgIpc) is 2.53. The number of methoxy groups -OCH3 is 1. The lowest BCUT2D eigenvalue weighted by molar-refractivity contribution is -0.146. The van der Waals surface area contributed by atoms with Crippen LogP contribution < -0.4 is 10.5 Å². The van der Waals surface area contributed by atoms with E-state index in [1.165, 1.54) is 7.11 Å². The molecule has 0 aromatic heterocycles. The number of ether oxygens (including phenoxy) is 2. The van der Waals surface area contributed by atoms with Gasteiger partial charge in [-0.15, -0.1) is 0 Å². The fraction of sp³-hybridized carbons (Fsp3) is 0.235. The molecule has 1 unspecified atom stereocenters. The molecule has 0 aliphatic rings. The summed E-state index contributed by atoms with van der Waals surface area (Å²) in [7, 11) is 1.32. The highest BCUT2D eigenvalue weighted by Gasteiger charge is 2.31. The molecule has 0 saturated heterocycles. The average molecular weight is 285 g/mol. The summed E-state index contributed by atoms with van der Waals surface area (Å²) in [6.45, 7) is 2.12. The largest absolute Gasteiger partial charge is 0.489 e. The van der Waals surface area contributed by atoms with E-state index >= 15 is 0 Å². The van der Waals surface area contributed by atoms with E-state index in [-0.39, 0.29) is 0 Å². The molecule has 2 rings (SSSR count). The minimum absolute atomic E-state index is 0.472. The normalized spacial score (nSPS) is 13.3. The Labute approximate surface area is 124 Å². The standard InChI is InChI=1S/C17H19NO3/c1-17(18,16(19)20-2)14-8-10-15(11-9-14)21-12-13-6-4-3-5-7-13/h3-11H,12,18H2,1-2H3. The third-order valence-corrected chi connectivity index (χ3v) is 3.31. The van der Waals surface area contributed by atoms with Crippen LogP contribution >= 0.6 is 0 Å². The van der Waals surface area contributed by atoms with Gasteiger partial charge < -0.3 is 15.2 Å². The van der Waals surface area contributed by atoms with Crippen LogP contribution in [0.15, 0.2) is 54.6 Å². The summed E-state index contributed by atoms with van der Waals surface area (Å²) in [6, 6.07) is 17.1. The topological polar surface area (TPSA) is 61.5 Å². The maximum atomic E-state index is 11.7. The number of rotatable bonds is 5. The van der Waals surface area contributed by atoms with E-state index in [4.69, 9.17) is 15.2 Å². The molecule has 0 bridgehead atoms. The summed E-state index contributed by atoms with van der Waals surface area (Å²) in [6.07, 6.45) is 0. The minimum Gasteiger partial charge on any atom is -0.489 e. The van der Waals surface area contributed by atoms with Gasteiger partial charge in [0, 0.05) is 0 Å². The molecule has 2 N–H and O–H groups in total. The summed E-state index contributed by atoms with van der Waals surface area (Å²) < 4.78 is 10.4. The van der Waals surface area contributed by atoms with Crippen molar-refractivity contribution in [3.8, 4) is 5.75 Å². The van der Waals surface area contributed by atoms with Gasteiger partial charge in [-0.3, -0.25) is 0 Å². The Hall–Kier alpha value is -2.33. The van der Waals surface area contributed by atoms with E-state index in [0.717, 1.165) is 11.3 Å². The van der Waals surface area contributed by atoms with Crippen molar-refractivity contribution in [1.29, 1.82) is 0 Å². The second-order valence-corrected chi connectivity index (χ2v) is 4.99. The Balaban J connectivity index is 2.04. The zero-order valence-corrected chi connectivity index (χ0v) is 12.2. The number of benzene rings is 2. The van der Waals surface area contributed by atoms with Gasteiger partial charge in [-0.05, 0) is 30.2 Å². The summed E-state index contributed by atoms with van der Waals surface area (Å²) in [5, 5.41) is 0. The molecular weight excluding hydrogens is 266 g/mol. The second-order valence-electron chi connectivity index (χ2n) is 4.99. The second kappa shape index (κ2) is 6.41. The van der Waals surface area contributed by atoms with Gasteiger partial charge in [0.15, 0.2) is 0 Å². The SMILES string of the molecule is COC(=O)C(C)(N)c1ccc(OCc2ccccc2)cc1. The molecular formula is C17H19NO3. The van der Waals surface area contributed by atoms with Crippen LogP contribution in [0.2, 0.25) is 0 Å². The predicted octanol–water partition coefficient (Wildman–Crippen LogP) is 2.61. The first kappa shape index (κ1) is 15.1. The maximum absolute atomic E-state index is 11.7. The van der Waals surface area contributed by atoms with Crippen LogP contribution in [0.1, 0.15) is 18.1 Å². The van der Waals surface area contributed by atoms with E-state index in [0.29, 0.717) is 12.2 Å². The Bertz CT molecular complexity index is 591. The number of carbonyl (C=O) groups excluding carboxylic acids is 1. The van der Waals surface area contributed by atoms with Crippen molar-refractivity contribution in [3.63, 3.8) is 0 Å². The number of hydrogen-bond acceptors (Lipinski definition) is 4. The van der Waals surface area contributed by atoms with Crippen molar-refractivity contribution in [2.75, 3.05) is 7.11 Å². The van der Waals surface area contributed by atoms with Gasteiger partial charge in [0.05, 0.1) is 7.11 Å². The smallest absolute Gasteiger partial charge is 0.330 e. The van der Waals surface area contributed by atoms with Crippen LogP contribution in [0.5, 0.6) is 5.75 Å². The summed E-state index contributed by atoms with van der Waals surface area (Å²) in [5.41, 5.74) is 6.61. The van der Waals surface area contributed by atoms with Crippen LogP contribution in [0.4, 0.5) is 0 Å². The van der Waals surface area contributed by atoms with Crippen LogP contribution in [0.25, 0.3) is 0 Å². The van der Waals surface area contributed by atoms with Gasteiger partial charge in [0.2, 0.25) is 0 Å². The van der Waals surface area contributed by atoms with Crippen molar-refractivity contribution < 1.29 is 14.3 Å². The zero-order valence-electron chi connectivity index (χ0n) is 12.2. The van der Waals surface area contributed by atoms with Gasteiger partial charge in [0.1, 0.15) is 17.9 Å². The van der Waals surface area contributed by atoms with Gasteiger partial charge >= 0.3 is 5.97 Å². The van der Waals surface area contributed by atoms with Crippen molar-refractivity contribution in [2.24, 2.45) is 5.73 Å². The predicted molar refractivity (Wildman–Crippen MR) is 80.8 cm³/mol. The quantitative estimate of drug-likeness (QED) is 0.858. The van der Waals surface area contributed by atoms with E-state index in [9.17, 15) is 4.79 Å². The highest BCUT2D eigenvalue weighted by Crippen LogP contribution is 2.22. The summed E-state index contributed by atoms with van der Waals surface area (Å²) >= 11 is 0. The molecule has 4 heteroatoms. The molecule has 0 amide bonds. The van der Waals surface area contributed by atoms with Gasteiger partial charge in [-0.1, -0.05) is 42.5 Å². The highest BCUT2D eigenvalue weighted by molar-refractivity contribution is 5.81. The molecule has 0 aliphatic heterocycles. The number of carbonyl (C=O) groups is 1. The monoisotopic (exact) mass is 285 g/mol. The van der Waals surface area contributed by atoms with Crippen LogP contribution in [-0.4, -0.2) is 13.1 Å². The van der Waals surface area contributed by atoms with Crippen LogP contribution in [0, 0.1) is 0 Å². The molecule has 21 heavy (non-hydrogen) atoms. The minimum atomic E-state index is -1.16. The molecule has 4 nitrogen and oxygen atoms in total. The van der Waals surface area contributed by atoms with E-state index < -0.39 is 11.5 Å². The molecule has 1 atom stereocenters. The molecule has 0 heterocycles. The fourth-order valence-corrected chi connectivity index (χ4v) is 1.97. The first-order valence-corrected chi connectivity index (χ1v) is 6.68.